The van der Waals surface area contributed by atoms with Crippen LogP contribution in [0.5, 0.6) is 0 Å². The van der Waals surface area contributed by atoms with Crippen LogP contribution in [0, 0.1) is 16.0 Å². The highest BCUT2D eigenvalue weighted by Crippen LogP contribution is 2.37. The van der Waals surface area contributed by atoms with E-state index in [2.05, 4.69) is 17.1 Å². The van der Waals surface area contributed by atoms with Crippen LogP contribution >= 0.6 is 0 Å². The number of hydrogen-bond donors (Lipinski definition) is 1. The molecule has 1 saturated heterocycles. The number of ether oxygens (including phenoxy) is 1. The summed E-state index contributed by atoms with van der Waals surface area (Å²) in [5.41, 5.74) is 1.41. The van der Waals surface area contributed by atoms with Gasteiger partial charge in [-0.15, -0.1) is 0 Å². The van der Waals surface area contributed by atoms with Crippen LogP contribution in [0.15, 0.2) is 18.2 Å². The minimum atomic E-state index is -0.298. The van der Waals surface area contributed by atoms with Crippen LogP contribution in [-0.2, 0) is 4.74 Å². The Morgan fingerprint density at radius 3 is 2.90 bits per heavy atom. The molecule has 0 aromatic heterocycles. The third-order valence-electron chi connectivity index (χ3n) is 4.10. The van der Waals surface area contributed by atoms with Gasteiger partial charge >= 0.3 is 5.69 Å². The average Bonchev–Trinajstić information content (AvgIpc) is 2.47. The molecule has 1 aliphatic rings. The normalized spacial score (nSPS) is 22.1. The number of nitro benzene ring substituents is 1. The van der Waals surface area contributed by atoms with Gasteiger partial charge in [0, 0.05) is 26.7 Å². The number of benzene rings is 1. The third kappa shape index (κ3) is 3.26. The fraction of sp³-hybridized carbons (Fsp3) is 0.600. The topological polar surface area (TPSA) is 67.6 Å². The van der Waals surface area contributed by atoms with Crippen LogP contribution in [0.4, 0.5) is 17.1 Å². The standard InChI is InChI=1S/C15H23N3O3/c1-4-16-12-6-5-7-13(15(12)18(19)20)17-9-8-11(2)14(10-17)21-3/h5-7,11,14,16H,4,8-10H2,1-3H3. The maximum atomic E-state index is 11.5. The van der Waals surface area contributed by atoms with Crippen LogP contribution in [0.25, 0.3) is 0 Å². The van der Waals surface area contributed by atoms with E-state index in [9.17, 15) is 10.1 Å². The van der Waals surface area contributed by atoms with Crippen molar-refractivity contribution in [2.45, 2.75) is 26.4 Å². The second-order valence-electron chi connectivity index (χ2n) is 5.45. The van der Waals surface area contributed by atoms with Crippen molar-refractivity contribution in [3.8, 4) is 0 Å². The molecule has 0 aliphatic carbocycles. The first-order chi connectivity index (χ1) is 10.1. The van der Waals surface area contributed by atoms with E-state index in [1.54, 1.807) is 13.2 Å². The van der Waals surface area contributed by atoms with E-state index < -0.39 is 0 Å². The number of rotatable bonds is 5. The summed E-state index contributed by atoms with van der Waals surface area (Å²) in [4.78, 5) is 13.2. The van der Waals surface area contributed by atoms with Gasteiger partial charge in [0.1, 0.15) is 11.4 Å². The summed E-state index contributed by atoms with van der Waals surface area (Å²) in [6, 6.07) is 5.44. The summed E-state index contributed by atoms with van der Waals surface area (Å²) in [5, 5.41) is 14.6. The van der Waals surface area contributed by atoms with Crippen molar-refractivity contribution >= 4 is 17.1 Å². The highest BCUT2D eigenvalue weighted by molar-refractivity contribution is 5.77. The summed E-state index contributed by atoms with van der Waals surface area (Å²) in [7, 11) is 1.70. The predicted octanol–water partition coefficient (Wildman–Crippen LogP) is 2.89. The molecule has 1 aromatic carbocycles. The molecule has 0 spiro atoms. The lowest BCUT2D eigenvalue weighted by atomic mass is 9.95. The molecule has 0 saturated carbocycles. The first-order valence-electron chi connectivity index (χ1n) is 7.37. The van der Waals surface area contributed by atoms with Crippen molar-refractivity contribution < 1.29 is 9.66 Å². The van der Waals surface area contributed by atoms with E-state index in [1.165, 1.54) is 0 Å². The highest BCUT2D eigenvalue weighted by atomic mass is 16.6. The smallest absolute Gasteiger partial charge is 0.315 e. The minimum Gasteiger partial charge on any atom is -0.380 e. The summed E-state index contributed by atoms with van der Waals surface area (Å²) in [6.45, 7) is 6.25. The van der Waals surface area contributed by atoms with E-state index in [0.29, 0.717) is 30.4 Å². The Morgan fingerprint density at radius 2 is 2.29 bits per heavy atom. The van der Waals surface area contributed by atoms with E-state index in [4.69, 9.17) is 4.74 Å². The van der Waals surface area contributed by atoms with Gasteiger partial charge in [0.2, 0.25) is 0 Å². The molecule has 1 aromatic rings. The number of nitrogens with one attached hydrogen (secondary N) is 1. The number of methoxy groups -OCH3 is 1. The molecule has 0 radical (unpaired) electrons. The van der Waals surface area contributed by atoms with E-state index in [1.807, 2.05) is 19.1 Å². The number of piperidine rings is 1. The molecule has 0 bridgehead atoms. The third-order valence-corrected chi connectivity index (χ3v) is 4.10. The Morgan fingerprint density at radius 1 is 1.52 bits per heavy atom. The quantitative estimate of drug-likeness (QED) is 0.668. The van der Waals surface area contributed by atoms with Crippen LogP contribution in [0.2, 0.25) is 0 Å². The van der Waals surface area contributed by atoms with Gasteiger partial charge in [-0.3, -0.25) is 10.1 Å². The second kappa shape index (κ2) is 6.76. The first kappa shape index (κ1) is 15.6. The van der Waals surface area contributed by atoms with Crippen molar-refractivity contribution in [3.63, 3.8) is 0 Å². The Balaban J connectivity index is 2.34. The molecule has 2 rings (SSSR count). The van der Waals surface area contributed by atoms with Crippen molar-refractivity contribution in [1.82, 2.24) is 0 Å². The molecule has 2 atom stereocenters. The van der Waals surface area contributed by atoms with Gasteiger partial charge in [0.05, 0.1) is 11.0 Å². The summed E-state index contributed by atoms with van der Waals surface area (Å²) in [6.07, 6.45) is 1.09. The number of nitrogens with zero attached hydrogens (tertiary/aromatic N) is 2. The summed E-state index contributed by atoms with van der Waals surface area (Å²) >= 11 is 0. The number of nitro groups is 1. The molecular formula is C15H23N3O3. The van der Waals surface area contributed by atoms with Crippen LogP contribution < -0.4 is 10.2 Å². The molecule has 1 heterocycles. The molecule has 1 N–H and O–H groups in total. The number of para-hydroxylation sites is 1. The Labute approximate surface area is 125 Å². The number of anilines is 2. The highest BCUT2D eigenvalue weighted by Gasteiger charge is 2.30. The van der Waals surface area contributed by atoms with Gasteiger partial charge in [-0.2, -0.15) is 0 Å². The predicted molar refractivity (Wildman–Crippen MR) is 84.1 cm³/mol. The summed E-state index contributed by atoms with van der Waals surface area (Å²) < 4.78 is 5.51. The van der Waals surface area contributed by atoms with Crippen LogP contribution in [0.3, 0.4) is 0 Å². The van der Waals surface area contributed by atoms with E-state index in [-0.39, 0.29) is 16.7 Å². The molecule has 2 unspecified atom stereocenters. The molecule has 116 valence electrons. The average molecular weight is 293 g/mol. The van der Waals surface area contributed by atoms with Crippen molar-refractivity contribution in [2.24, 2.45) is 5.92 Å². The SMILES string of the molecule is CCNc1cccc(N2CCC(C)C(OC)C2)c1[N+](=O)[O-]. The zero-order chi connectivity index (χ0) is 15.4. The van der Waals surface area contributed by atoms with E-state index >= 15 is 0 Å². The number of hydrogen-bond acceptors (Lipinski definition) is 5. The minimum absolute atomic E-state index is 0.112. The Hall–Kier alpha value is -1.82. The van der Waals surface area contributed by atoms with Gasteiger partial charge in [0.15, 0.2) is 0 Å². The van der Waals surface area contributed by atoms with Gasteiger partial charge in [-0.25, -0.2) is 0 Å². The van der Waals surface area contributed by atoms with Crippen molar-refractivity contribution in [1.29, 1.82) is 0 Å². The lowest BCUT2D eigenvalue weighted by molar-refractivity contribution is -0.383. The zero-order valence-corrected chi connectivity index (χ0v) is 12.8. The lowest BCUT2D eigenvalue weighted by Crippen LogP contribution is -2.44. The maximum Gasteiger partial charge on any atom is 0.315 e. The van der Waals surface area contributed by atoms with Gasteiger partial charge in [0.25, 0.3) is 0 Å². The Bertz CT molecular complexity index is 507. The van der Waals surface area contributed by atoms with Gasteiger partial charge in [-0.05, 0) is 31.4 Å². The molecule has 1 aliphatic heterocycles. The maximum absolute atomic E-state index is 11.5. The zero-order valence-electron chi connectivity index (χ0n) is 12.8. The fourth-order valence-electron chi connectivity index (χ4n) is 2.87. The van der Waals surface area contributed by atoms with Gasteiger partial charge < -0.3 is 15.0 Å². The van der Waals surface area contributed by atoms with Crippen molar-refractivity contribution in [3.05, 3.63) is 28.3 Å². The lowest BCUT2D eigenvalue weighted by Gasteiger charge is -2.37. The van der Waals surface area contributed by atoms with Gasteiger partial charge in [-0.1, -0.05) is 13.0 Å². The largest absolute Gasteiger partial charge is 0.380 e. The molecule has 6 heteroatoms. The molecule has 1 fully saturated rings. The second-order valence-corrected chi connectivity index (χ2v) is 5.45. The molecule has 0 amide bonds. The van der Waals surface area contributed by atoms with E-state index in [0.717, 1.165) is 13.0 Å². The monoisotopic (exact) mass is 293 g/mol. The molecule has 6 nitrogen and oxygen atoms in total. The first-order valence-corrected chi connectivity index (χ1v) is 7.37. The fourth-order valence-corrected chi connectivity index (χ4v) is 2.87. The summed E-state index contributed by atoms with van der Waals surface area (Å²) in [5.74, 6) is 0.474. The molecule has 21 heavy (non-hydrogen) atoms. The Kier molecular flexibility index (Phi) is 5.01. The van der Waals surface area contributed by atoms with Crippen LogP contribution in [0.1, 0.15) is 20.3 Å². The molecular weight excluding hydrogens is 270 g/mol. The van der Waals surface area contributed by atoms with Crippen molar-refractivity contribution in [2.75, 3.05) is 37.0 Å². The van der Waals surface area contributed by atoms with Crippen LogP contribution in [-0.4, -0.2) is 37.8 Å².